The maximum Gasteiger partial charge on any atom is 0.269 e. The summed E-state index contributed by atoms with van der Waals surface area (Å²) in [7, 11) is -3.87. The van der Waals surface area contributed by atoms with Gasteiger partial charge in [0, 0.05) is 0 Å². The Labute approximate surface area is 158 Å². The molecule has 0 saturated carbocycles. The van der Waals surface area contributed by atoms with Gasteiger partial charge in [0.25, 0.3) is 10.0 Å². The summed E-state index contributed by atoms with van der Waals surface area (Å²) in [4.78, 5) is 6.91. The number of hydrogen-bond donors (Lipinski definition) is 0. The number of imidazole rings is 1. The van der Waals surface area contributed by atoms with E-state index >= 15 is 0 Å². The van der Waals surface area contributed by atoms with Crippen LogP contribution in [0.15, 0.2) is 53.4 Å². The summed E-state index contributed by atoms with van der Waals surface area (Å²) in [6.07, 6.45) is 2.20. The van der Waals surface area contributed by atoms with Crippen molar-refractivity contribution in [3.8, 4) is 0 Å². The zero-order valence-electron chi connectivity index (χ0n) is 15.2. The van der Waals surface area contributed by atoms with Gasteiger partial charge in [-0.3, -0.25) is 4.90 Å². The number of fused-ring (bicyclic) bond motifs is 1. The lowest BCUT2D eigenvalue weighted by Crippen LogP contribution is -2.33. The highest BCUT2D eigenvalue weighted by Gasteiger charge is 2.26. The second-order valence-electron chi connectivity index (χ2n) is 7.20. The Morgan fingerprint density at radius 1 is 1.07 bits per heavy atom. The Bertz CT molecular complexity index is 1050. The van der Waals surface area contributed by atoms with Crippen molar-refractivity contribution >= 4 is 21.1 Å². The molecule has 142 valence electrons. The number of likely N-dealkylation sites (tertiary alicyclic amines) is 1. The maximum atomic E-state index is 13.3. The van der Waals surface area contributed by atoms with Gasteiger partial charge in [-0.2, -0.15) is 0 Å². The zero-order valence-corrected chi connectivity index (χ0v) is 16.0. The minimum absolute atomic E-state index is 0.0561. The molecule has 0 bridgehead atoms. The van der Waals surface area contributed by atoms with Gasteiger partial charge in [-0.05, 0) is 68.2 Å². The lowest BCUT2D eigenvalue weighted by atomic mass is 9.99. The first-order chi connectivity index (χ1) is 12.9. The van der Waals surface area contributed by atoms with Crippen LogP contribution in [0.4, 0.5) is 4.39 Å². The van der Waals surface area contributed by atoms with E-state index in [1.807, 2.05) is 12.1 Å². The van der Waals surface area contributed by atoms with Crippen LogP contribution in [-0.2, 0) is 16.6 Å². The summed E-state index contributed by atoms with van der Waals surface area (Å²) in [6.45, 7) is 4.58. The molecule has 1 fully saturated rings. The summed E-state index contributed by atoms with van der Waals surface area (Å²) in [5.41, 5.74) is 1.19. The van der Waals surface area contributed by atoms with Crippen LogP contribution in [0, 0.1) is 11.7 Å². The molecule has 1 aromatic heterocycles. The number of rotatable bonds is 4. The average Bonchev–Trinajstić information content (AvgIpc) is 3.02. The van der Waals surface area contributed by atoms with Gasteiger partial charge in [-0.25, -0.2) is 21.8 Å². The van der Waals surface area contributed by atoms with E-state index in [2.05, 4.69) is 16.8 Å². The quantitative estimate of drug-likeness (QED) is 0.686. The molecule has 0 radical (unpaired) electrons. The number of para-hydroxylation sites is 2. The number of piperidine rings is 1. The Hall–Kier alpha value is -2.25. The topological polar surface area (TPSA) is 55.2 Å². The van der Waals surface area contributed by atoms with E-state index in [0.29, 0.717) is 29.3 Å². The van der Waals surface area contributed by atoms with Crippen LogP contribution in [0.25, 0.3) is 11.0 Å². The number of nitrogens with zero attached hydrogens (tertiary/aromatic N) is 3. The van der Waals surface area contributed by atoms with Crippen LogP contribution in [-0.4, -0.2) is 35.4 Å². The van der Waals surface area contributed by atoms with Gasteiger partial charge < -0.3 is 0 Å². The highest BCUT2D eigenvalue weighted by molar-refractivity contribution is 7.90. The summed E-state index contributed by atoms with van der Waals surface area (Å²) in [5.74, 6) is 0.727. The Morgan fingerprint density at radius 3 is 2.44 bits per heavy atom. The summed E-state index contributed by atoms with van der Waals surface area (Å²) in [6, 6.07) is 12.1. The number of halogens is 1. The van der Waals surface area contributed by atoms with Crippen LogP contribution >= 0.6 is 0 Å². The summed E-state index contributed by atoms with van der Waals surface area (Å²) >= 11 is 0. The van der Waals surface area contributed by atoms with Crippen LogP contribution in [0.1, 0.15) is 25.6 Å². The van der Waals surface area contributed by atoms with E-state index in [-0.39, 0.29) is 4.90 Å². The van der Waals surface area contributed by atoms with E-state index in [0.717, 1.165) is 38.1 Å². The first kappa shape index (κ1) is 18.1. The molecule has 7 heteroatoms. The fraction of sp³-hybridized carbons (Fsp3) is 0.350. The van der Waals surface area contributed by atoms with Gasteiger partial charge in [0.05, 0.1) is 22.5 Å². The Kier molecular flexibility index (Phi) is 4.74. The molecule has 0 unspecified atom stereocenters. The molecule has 0 spiro atoms. The van der Waals surface area contributed by atoms with E-state index in [9.17, 15) is 12.8 Å². The summed E-state index contributed by atoms with van der Waals surface area (Å²) in [5, 5.41) is 0. The third-order valence-corrected chi connectivity index (χ3v) is 6.93. The summed E-state index contributed by atoms with van der Waals surface area (Å²) < 4.78 is 41.2. The SMILES string of the molecule is CC1CCN(Cc2nc3ccccc3n2S(=O)(=O)c2ccc(F)cc2)CC1. The van der Waals surface area contributed by atoms with Crippen LogP contribution < -0.4 is 0 Å². The zero-order chi connectivity index (χ0) is 19.0. The van der Waals surface area contributed by atoms with Crippen molar-refractivity contribution < 1.29 is 12.8 Å². The molecular formula is C20H22FN3O2S. The highest BCUT2D eigenvalue weighted by atomic mass is 32.2. The van der Waals surface area contributed by atoms with Gasteiger partial charge in [-0.1, -0.05) is 19.1 Å². The van der Waals surface area contributed by atoms with Crippen molar-refractivity contribution in [2.75, 3.05) is 13.1 Å². The normalized spacial score (nSPS) is 16.8. The van der Waals surface area contributed by atoms with E-state index in [1.54, 1.807) is 12.1 Å². The molecule has 0 amide bonds. The van der Waals surface area contributed by atoms with Gasteiger partial charge in [0.1, 0.15) is 11.6 Å². The molecule has 0 atom stereocenters. The van der Waals surface area contributed by atoms with Gasteiger partial charge >= 0.3 is 0 Å². The van der Waals surface area contributed by atoms with Crippen molar-refractivity contribution in [3.63, 3.8) is 0 Å². The van der Waals surface area contributed by atoms with Crippen molar-refractivity contribution in [1.82, 2.24) is 13.9 Å². The Morgan fingerprint density at radius 2 is 1.74 bits per heavy atom. The first-order valence-electron chi connectivity index (χ1n) is 9.15. The molecule has 27 heavy (non-hydrogen) atoms. The number of benzene rings is 2. The van der Waals surface area contributed by atoms with Crippen LogP contribution in [0.5, 0.6) is 0 Å². The number of aromatic nitrogens is 2. The molecule has 5 nitrogen and oxygen atoms in total. The average molecular weight is 387 g/mol. The lowest BCUT2D eigenvalue weighted by Gasteiger charge is -2.29. The molecule has 2 heterocycles. The fourth-order valence-corrected chi connectivity index (χ4v) is 5.03. The molecule has 0 N–H and O–H groups in total. The third kappa shape index (κ3) is 3.49. The van der Waals surface area contributed by atoms with Crippen LogP contribution in [0.3, 0.4) is 0 Å². The standard InChI is InChI=1S/C20H22FN3O2S/c1-15-10-12-23(13-11-15)14-20-22-18-4-2-3-5-19(18)24(20)27(25,26)17-8-6-16(21)7-9-17/h2-9,15H,10-14H2,1H3. The largest absolute Gasteiger partial charge is 0.296 e. The van der Waals surface area contributed by atoms with Crippen molar-refractivity contribution in [2.45, 2.75) is 31.2 Å². The second-order valence-corrected chi connectivity index (χ2v) is 8.99. The second kappa shape index (κ2) is 7.05. The van der Waals surface area contributed by atoms with Gasteiger partial charge in [0.15, 0.2) is 0 Å². The first-order valence-corrected chi connectivity index (χ1v) is 10.6. The minimum atomic E-state index is -3.87. The van der Waals surface area contributed by atoms with Crippen LogP contribution in [0.2, 0.25) is 0 Å². The van der Waals surface area contributed by atoms with Crippen molar-refractivity contribution in [3.05, 3.63) is 60.2 Å². The Balaban J connectivity index is 1.79. The molecule has 1 saturated heterocycles. The smallest absolute Gasteiger partial charge is 0.269 e. The lowest BCUT2D eigenvalue weighted by molar-refractivity contribution is 0.181. The third-order valence-electron chi connectivity index (χ3n) is 5.18. The number of hydrogen-bond acceptors (Lipinski definition) is 4. The molecule has 3 aromatic rings. The van der Waals surface area contributed by atoms with Crippen molar-refractivity contribution in [2.24, 2.45) is 5.92 Å². The van der Waals surface area contributed by atoms with Crippen molar-refractivity contribution in [1.29, 1.82) is 0 Å². The predicted molar refractivity (Wildman–Crippen MR) is 102 cm³/mol. The molecule has 1 aliphatic rings. The predicted octanol–water partition coefficient (Wildman–Crippen LogP) is 3.64. The molecular weight excluding hydrogens is 365 g/mol. The van der Waals surface area contributed by atoms with E-state index in [1.165, 1.54) is 16.1 Å². The fourth-order valence-electron chi connectivity index (χ4n) is 3.55. The highest BCUT2D eigenvalue weighted by Crippen LogP contribution is 2.25. The minimum Gasteiger partial charge on any atom is -0.296 e. The van der Waals surface area contributed by atoms with E-state index < -0.39 is 15.8 Å². The molecule has 4 rings (SSSR count). The van der Waals surface area contributed by atoms with Gasteiger partial charge in [-0.15, -0.1) is 0 Å². The maximum absolute atomic E-state index is 13.3. The monoisotopic (exact) mass is 387 g/mol. The molecule has 1 aliphatic heterocycles. The molecule has 0 aliphatic carbocycles. The van der Waals surface area contributed by atoms with E-state index in [4.69, 9.17) is 0 Å². The molecule has 2 aromatic carbocycles. The van der Waals surface area contributed by atoms with Gasteiger partial charge in [0.2, 0.25) is 0 Å².